The van der Waals surface area contributed by atoms with Crippen molar-refractivity contribution >= 4 is 5.69 Å². The SMILES string of the molecule is CCOc1c(N)cccc1-c1nnnn1C(CC)C(C)C. The molecule has 2 N–H and O–H groups in total. The van der Waals surface area contributed by atoms with Crippen LogP contribution in [-0.2, 0) is 0 Å². The molecule has 1 unspecified atom stereocenters. The molecule has 0 saturated carbocycles. The summed E-state index contributed by atoms with van der Waals surface area (Å²) in [5.74, 6) is 1.79. The van der Waals surface area contributed by atoms with Crippen LogP contribution in [0.4, 0.5) is 5.69 Å². The van der Waals surface area contributed by atoms with Crippen molar-refractivity contribution in [2.45, 2.75) is 40.2 Å². The van der Waals surface area contributed by atoms with Crippen LogP contribution in [0.5, 0.6) is 5.75 Å². The van der Waals surface area contributed by atoms with Gasteiger partial charge in [-0.1, -0.05) is 26.8 Å². The van der Waals surface area contributed by atoms with E-state index in [1.165, 1.54) is 0 Å². The predicted molar refractivity (Wildman–Crippen MR) is 83.0 cm³/mol. The zero-order chi connectivity index (χ0) is 15.4. The summed E-state index contributed by atoms with van der Waals surface area (Å²) in [7, 11) is 0. The van der Waals surface area contributed by atoms with Crippen molar-refractivity contribution in [3.63, 3.8) is 0 Å². The van der Waals surface area contributed by atoms with Gasteiger partial charge in [-0.05, 0) is 41.8 Å². The number of nitrogens with two attached hydrogens (primary N) is 1. The number of nitrogens with zero attached hydrogens (tertiary/aromatic N) is 4. The number of nitrogen functional groups attached to an aromatic ring is 1. The molecule has 1 aromatic heterocycles. The molecule has 0 aliphatic rings. The fourth-order valence-corrected chi connectivity index (χ4v) is 2.56. The van der Waals surface area contributed by atoms with Gasteiger partial charge in [0.05, 0.1) is 23.9 Å². The number of para-hydroxylation sites is 1. The van der Waals surface area contributed by atoms with E-state index in [1.54, 1.807) is 0 Å². The van der Waals surface area contributed by atoms with E-state index in [9.17, 15) is 0 Å². The number of hydrogen-bond donors (Lipinski definition) is 1. The van der Waals surface area contributed by atoms with Crippen LogP contribution in [-0.4, -0.2) is 26.8 Å². The number of ether oxygens (including phenoxy) is 1. The fraction of sp³-hybridized carbons (Fsp3) is 0.533. The van der Waals surface area contributed by atoms with E-state index in [0.29, 0.717) is 29.8 Å². The average Bonchev–Trinajstić information content (AvgIpc) is 2.90. The monoisotopic (exact) mass is 289 g/mol. The van der Waals surface area contributed by atoms with Gasteiger partial charge < -0.3 is 10.5 Å². The van der Waals surface area contributed by atoms with E-state index in [1.807, 2.05) is 29.8 Å². The van der Waals surface area contributed by atoms with Crippen LogP contribution in [0.2, 0.25) is 0 Å². The summed E-state index contributed by atoms with van der Waals surface area (Å²) in [6, 6.07) is 5.90. The van der Waals surface area contributed by atoms with Crippen LogP contribution in [0.15, 0.2) is 18.2 Å². The lowest BCUT2D eigenvalue weighted by molar-refractivity contribution is 0.329. The van der Waals surface area contributed by atoms with E-state index in [2.05, 4.69) is 36.3 Å². The highest BCUT2D eigenvalue weighted by molar-refractivity contribution is 5.73. The Labute approximate surface area is 125 Å². The Kier molecular flexibility index (Phi) is 4.77. The number of tetrazole rings is 1. The Morgan fingerprint density at radius 3 is 2.67 bits per heavy atom. The normalized spacial score (nSPS) is 12.6. The summed E-state index contributed by atoms with van der Waals surface area (Å²) >= 11 is 0. The standard InChI is InChI=1S/C15H23N5O/c1-5-13(10(3)4)20-15(17-18-19-20)11-8-7-9-12(16)14(11)21-6-2/h7-10,13H,5-6,16H2,1-4H3. The maximum Gasteiger partial charge on any atom is 0.186 e. The van der Waals surface area contributed by atoms with Gasteiger partial charge in [-0.2, -0.15) is 0 Å². The Morgan fingerprint density at radius 1 is 1.29 bits per heavy atom. The third kappa shape index (κ3) is 2.99. The van der Waals surface area contributed by atoms with Crippen molar-refractivity contribution in [2.75, 3.05) is 12.3 Å². The largest absolute Gasteiger partial charge is 0.491 e. The van der Waals surface area contributed by atoms with Gasteiger partial charge in [-0.25, -0.2) is 4.68 Å². The molecule has 1 heterocycles. The van der Waals surface area contributed by atoms with Crippen LogP contribution in [0.25, 0.3) is 11.4 Å². The van der Waals surface area contributed by atoms with Crippen molar-refractivity contribution in [1.29, 1.82) is 0 Å². The molecule has 0 radical (unpaired) electrons. The van der Waals surface area contributed by atoms with E-state index in [0.717, 1.165) is 12.0 Å². The van der Waals surface area contributed by atoms with E-state index in [4.69, 9.17) is 10.5 Å². The number of rotatable bonds is 6. The first kappa shape index (κ1) is 15.3. The highest BCUT2D eigenvalue weighted by Gasteiger charge is 2.22. The zero-order valence-electron chi connectivity index (χ0n) is 13.1. The first-order valence-electron chi connectivity index (χ1n) is 7.39. The van der Waals surface area contributed by atoms with Crippen LogP contribution in [0.1, 0.15) is 40.2 Å². The number of hydrogen-bond acceptors (Lipinski definition) is 5. The lowest BCUT2D eigenvalue weighted by Gasteiger charge is -2.21. The second-order valence-electron chi connectivity index (χ2n) is 5.32. The molecule has 0 fully saturated rings. The minimum atomic E-state index is 0.242. The summed E-state index contributed by atoms with van der Waals surface area (Å²) in [6.07, 6.45) is 0.960. The molecule has 2 rings (SSSR count). The molecule has 0 bridgehead atoms. The summed E-state index contributed by atoms with van der Waals surface area (Å²) in [5, 5.41) is 12.2. The summed E-state index contributed by atoms with van der Waals surface area (Å²) < 4.78 is 7.56. The Morgan fingerprint density at radius 2 is 2.05 bits per heavy atom. The van der Waals surface area contributed by atoms with Crippen LogP contribution in [0, 0.1) is 5.92 Å². The quantitative estimate of drug-likeness (QED) is 0.827. The molecular weight excluding hydrogens is 266 g/mol. The first-order valence-corrected chi connectivity index (χ1v) is 7.39. The van der Waals surface area contributed by atoms with Gasteiger partial charge in [0.2, 0.25) is 0 Å². The second-order valence-corrected chi connectivity index (χ2v) is 5.32. The van der Waals surface area contributed by atoms with Crippen molar-refractivity contribution < 1.29 is 4.74 Å². The summed E-state index contributed by atoms with van der Waals surface area (Å²) in [5.41, 5.74) is 7.46. The highest BCUT2D eigenvalue weighted by atomic mass is 16.5. The van der Waals surface area contributed by atoms with Gasteiger partial charge in [-0.3, -0.25) is 0 Å². The van der Waals surface area contributed by atoms with E-state index in [-0.39, 0.29) is 6.04 Å². The summed E-state index contributed by atoms with van der Waals surface area (Å²) in [4.78, 5) is 0. The van der Waals surface area contributed by atoms with Crippen LogP contribution < -0.4 is 10.5 Å². The maximum absolute atomic E-state index is 6.03. The van der Waals surface area contributed by atoms with Crippen molar-refractivity contribution in [3.05, 3.63) is 18.2 Å². The molecule has 1 atom stereocenters. The molecule has 6 heteroatoms. The molecule has 0 saturated heterocycles. The first-order chi connectivity index (χ1) is 10.1. The van der Waals surface area contributed by atoms with Crippen molar-refractivity contribution in [1.82, 2.24) is 20.2 Å². The molecule has 21 heavy (non-hydrogen) atoms. The maximum atomic E-state index is 6.03. The van der Waals surface area contributed by atoms with Gasteiger partial charge in [0.15, 0.2) is 11.6 Å². The lowest BCUT2D eigenvalue weighted by Crippen LogP contribution is -2.17. The molecule has 0 amide bonds. The number of aromatic nitrogens is 4. The average molecular weight is 289 g/mol. The van der Waals surface area contributed by atoms with Gasteiger partial charge in [0.25, 0.3) is 0 Å². The molecule has 6 nitrogen and oxygen atoms in total. The number of anilines is 1. The van der Waals surface area contributed by atoms with Crippen molar-refractivity contribution in [3.8, 4) is 17.1 Å². The van der Waals surface area contributed by atoms with Gasteiger partial charge in [0, 0.05) is 0 Å². The molecule has 1 aromatic carbocycles. The Balaban J connectivity index is 2.54. The predicted octanol–water partition coefficient (Wildman–Crippen LogP) is 2.93. The lowest BCUT2D eigenvalue weighted by atomic mass is 10.0. The molecule has 0 aliphatic carbocycles. The molecule has 0 spiro atoms. The smallest absolute Gasteiger partial charge is 0.186 e. The summed E-state index contributed by atoms with van der Waals surface area (Å²) in [6.45, 7) is 8.95. The van der Waals surface area contributed by atoms with E-state index < -0.39 is 0 Å². The van der Waals surface area contributed by atoms with Gasteiger partial charge in [-0.15, -0.1) is 5.10 Å². The molecule has 114 valence electrons. The van der Waals surface area contributed by atoms with Crippen molar-refractivity contribution in [2.24, 2.45) is 5.92 Å². The molecular formula is C15H23N5O. The highest BCUT2D eigenvalue weighted by Crippen LogP contribution is 2.35. The third-order valence-corrected chi connectivity index (χ3v) is 3.57. The second kappa shape index (κ2) is 6.56. The van der Waals surface area contributed by atoms with Crippen LogP contribution in [0.3, 0.4) is 0 Å². The van der Waals surface area contributed by atoms with Gasteiger partial charge in [0.1, 0.15) is 0 Å². The zero-order valence-corrected chi connectivity index (χ0v) is 13.1. The Hall–Kier alpha value is -2.11. The third-order valence-electron chi connectivity index (χ3n) is 3.57. The van der Waals surface area contributed by atoms with Gasteiger partial charge >= 0.3 is 0 Å². The Bertz CT molecular complexity index is 593. The van der Waals surface area contributed by atoms with E-state index >= 15 is 0 Å². The fourth-order valence-electron chi connectivity index (χ4n) is 2.56. The molecule has 0 aliphatic heterocycles. The topological polar surface area (TPSA) is 78.8 Å². The van der Waals surface area contributed by atoms with Crippen LogP contribution >= 0.6 is 0 Å². The minimum absolute atomic E-state index is 0.242. The molecule has 2 aromatic rings. The number of benzene rings is 1. The minimum Gasteiger partial charge on any atom is -0.491 e.